The van der Waals surface area contributed by atoms with E-state index in [4.69, 9.17) is 0 Å². The predicted octanol–water partition coefficient (Wildman–Crippen LogP) is 1.02. The zero-order chi connectivity index (χ0) is 15.7. The first-order valence-corrected chi connectivity index (χ1v) is 7.78. The van der Waals surface area contributed by atoms with Crippen molar-refractivity contribution in [3.8, 4) is 0 Å². The Morgan fingerprint density at radius 1 is 0.909 bits per heavy atom. The minimum Gasteiger partial charge on any atom is -0.307 e. The van der Waals surface area contributed by atoms with Crippen molar-refractivity contribution in [1.82, 2.24) is 9.97 Å². The number of nitrogens with one attached hydrogen (secondary N) is 3. The molecule has 3 aromatic rings. The van der Waals surface area contributed by atoms with Crippen LogP contribution in [-0.2, 0) is 10.0 Å². The van der Waals surface area contributed by atoms with E-state index < -0.39 is 21.3 Å². The summed E-state index contributed by atoms with van der Waals surface area (Å²) in [5.41, 5.74) is -0.601. The van der Waals surface area contributed by atoms with Crippen LogP contribution in [0.1, 0.15) is 0 Å². The van der Waals surface area contributed by atoms with Gasteiger partial charge in [-0.15, -0.1) is 0 Å². The molecule has 0 aliphatic carbocycles. The van der Waals surface area contributed by atoms with Gasteiger partial charge in [-0.25, -0.2) is 13.2 Å². The van der Waals surface area contributed by atoms with Crippen molar-refractivity contribution in [1.29, 1.82) is 0 Å². The molecule has 0 aliphatic rings. The highest BCUT2D eigenvalue weighted by Crippen LogP contribution is 2.18. The van der Waals surface area contributed by atoms with E-state index in [0.29, 0.717) is 5.69 Å². The van der Waals surface area contributed by atoms with E-state index in [1.165, 1.54) is 18.2 Å². The fourth-order valence-electron chi connectivity index (χ4n) is 2.03. The molecular weight excluding hydrogens is 306 g/mol. The molecule has 0 saturated carbocycles. The number of hydrogen-bond acceptors (Lipinski definition) is 4. The number of hydrogen-bond donors (Lipinski definition) is 3. The van der Waals surface area contributed by atoms with E-state index in [9.17, 15) is 18.0 Å². The van der Waals surface area contributed by atoms with Gasteiger partial charge in [0.15, 0.2) is 0 Å². The maximum Gasteiger partial charge on any atom is 0.326 e. The minimum absolute atomic E-state index is 0.0681. The summed E-state index contributed by atoms with van der Waals surface area (Å²) in [6.07, 6.45) is 0. The average molecular weight is 317 g/mol. The molecule has 0 unspecified atom stereocenters. The van der Waals surface area contributed by atoms with Crippen LogP contribution in [0.5, 0.6) is 0 Å². The Balaban J connectivity index is 2.10. The molecule has 0 spiro atoms. The Hall–Kier alpha value is -2.87. The molecule has 0 bridgehead atoms. The van der Waals surface area contributed by atoms with Crippen LogP contribution in [0.25, 0.3) is 10.9 Å². The van der Waals surface area contributed by atoms with Crippen LogP contribution in [0.3, 0.4) is 0 Å². The monoisotopic (exact) mass is 317 g/mol. The summed E-state index contributed by atoms with van der Waals surface area (Å²) in [6.45, 7) is 0. The number of H-pyrrole nitrogens is 2. The molecule has 8 heteroatoms. The molecule has 0 radical (unpaired) electrons. The summed E-state index contributed by atoms with van der Waals surface area (Å²) < 4.78 is 27.1. The minimum atomic E-state index is -3.83. The zero-order valence-corrected chi connectivity index (χ0v) is 12.0. The standard InChI is InChI=1S/C14H11N3O4S/c18-13-11-8-10(6-7-12(11)15-14(19)16-13)22(20,21)17-9-4-2-1-3-5-9/h1-8,17H,(H2,15,16,18,19). The van der Waals surface area contributed by atoms with Gasteiger partial charge in [-0.3, -0.25) is 14.5 Å². The fraction of sp³-hybridized carbons (Fsp3) is 0. The molecule has 0 saturated heterocycles. The van der Waals surface area contributed by atoms with Gasteiger partial charge >= 0.3 is 5.69 Å². The lowest BCUT2D eigenvalue weighted by Crippen LogP contribution is -2.22. The topological polar surface area (TPSA) is 112 Å². The van der Waals surface area contributed by atoms with E-state index in [1.807, 2.05) is 0 Å². The van der Waals surface area contributed by atoms with Crippen LogP contribution in [-0.4, -0.2) is 18.4 Å². The first kappa shape index (κ1) is 14.1. The van der Waals surface area contributed by atoms with Gasteiger partial charge in [0.2, 0.25) is 0 Å². The SMILES string of the molecule is O=c1[nH]c(=O)c2cc(S(=O)(=O)Nc3ccccc3)ccc2[nH]1. The maximum atomic E-state index is 12.3. The fourth-order valence-corrected chi connectivity index (χ4v) is 3.12. The van der Waals surface area contributed by atoms with Gasteiger partial charge in [-0.05, 0) is 30.3 Å². The van der Waals surface area contributed by atoms with Crippen molar-refractivity contribution in [2.24, 2.45) is 0 Å². The molecule has 22 heavy (non-hydrogen) atoms. The maximum absolute atomic E-state index is 12.3. The Bertz CT molecular complexity index is 1050. The van der Waals surface area contributed by atoms with Crippen molar-refractivity contribution in [2.75, 3.05) is 4.72 Å². The molecule has 0 atom stereocenters. The first-order valence-electron chi connectivity index (χ1n) is 6.30. The number of para-hydroxylation sites is 1. The Kier molecular flexibility index (Phi) is 3.30. The zero-order valence-electron chi connectivity index (χ0n) is 11.2. The van der Waals surface area contributed by atoms with Crippen molar-refractivity contribution in [3.63, 3.8) is 0 Å². The second-order valence-electron chi connectivity index (χ2n) is 4.59. The lowest BCUT2D eigenvalue weighted by Gasteiger charge is -2.08. The van der Waals surface area contributed by atoms with Gasteiger partial charge < -0.3 is 4.98 Å². The normalized spacial score (nSPS) is 11.5. The van der Waals surface area contributed by atoms with Crippen LogP contribution in [0.15, 0.2) is 63.0 Å². The molecule has 112 valence electrons. The second-order valence-corrected chi connectivity index (χ2v) is 6.27. The quantitative estimate of drug-likeness (QED) is 0.669. The van der Waals surface area contributed by atoms with E-state index in [-0.39, 0.29) is 15.8 Å². The van der Waals surface area contributed by atoms with Crippen LogP contribution in [0.2, 0.25) is 0 Å². The first-order chi connectivity index (χ1) is 10.5. The highest BCUT2D eigenvalue weighted by molar-refractivity contribution is 7.92. The van der Waals surface area contributed by atoms with E-state index >= 15 is 0 Å². The summed E-state index contributed by atoms with van der Waals surface area (Å²) >= 11 is 0. The molecule has 0 fully saturated rings. The van der Waals surface area contributed by atoms with Crippen molar-refractivity contribution in [2.45, 2.75) is 4.90 Å². The Labute approximate surface area is 124 Å². The van der Waals surface area contributed by atoms with Gasteiger partial charge in [0, 0.05) is 5.69 Å². The van der Waals surface area contributed by atoms with Gasteiger partial charge in [-0.2, -0.15) is 0 Å². The highest BCUT2D eigenvalue weighted by Gasteiger charge is 2.15. The number of benzene rings is 2. The van der Waals surface area contributed by atoms with Gasteiger partial charge in [0.1, 0.15) is 0 Å². The third-order valence-corrected chi connectivity index (χ3v) is 4.43. The molecule has 2 aromatic carbocycles. The largest absolute Gasteiger partial charge is 0.326 e. The lowest BCUT2D eigenvalue weighted by molar-refractivity contribution is 0.601. The molecular formula is C14H11N3O4S. The Morgan fingerprint density at radius 3 is 2.36 bits per heavy atom. The van der Waals surface area contributed by atoms with Gasteiger partial charge in [0.25, 0.3) is 15.6 Å². The Morgan fingerprint density at radius 2 is 1.64 bits per heavy atom. The highest BCUT2D eigenvalue weighted by atomic mass is 32.2. The third-order valence-electron chi connectivity index (χ3n) is 3.05. The number of fused-ring (bicyclic) bond motifs is 1. The van der Waals surface area contributed by atoms with Crippen LogP contribution in [0.4, 0.5) is 5.69 Å². The van der Waals surface area contributed by atoms with Crippen LogP contribution < -0.4 is 16.0 Å². The average Bonchev–Trinajstić information content (AvgIpc) is 2.47. The van der Waals surface area contributed by atoms with Gasteiger partial charge in [-0.1, -0.05) is 18.2 Å². The number of aromatic amines is 2. The smallest absolute Gasteiger partial charge is 0.307 e. The summed E-state index contributed by atoms with van der Waals surface area (Å²) in [7, 11) is -3.83. The number of rotatable bonds is 3. The van der Waals surface area contributed by atoms with Crippen molar-refractivity contribution in [3.05, 3.63) is 69.4 Å². The van der Waals surface area contributed by atoms with E-state index in [1.54, 1.807) is 30.3 Å². The van der Waals surface area contributed by atoms with Crippen molar-refractivity contribution >= 4 is 26.6 Å². The lowest BCUT2D eigenvalue weighted by atomic mass is 10.2. The molecule has 0 aliphatic heterocycles. The summed E-state index contributed by atoms with van der Waals surface area (Å²) in [4.78, 5) is 27.4. The number of aromatic nitrogens is 2. The van der Waals surface area contributed by atoms with E-state index in [0.717, 1.165) is 0 Å². The number of anilines is 1. The second kappa shape index (κ2) is 5.15. The predicted molar refractivity (Wildman–Crippen MR) is 82.4 cm³/mol. The third kappa shape index (κ3) is 2.63. The number of sulfonamides is 1. The van der Waals surface area contributed by atoms with Gasteiger partial charge in [0.05, 0.1) is 15.8 Å². The van der Waals surface area contributed by atoms with Crippen LogP contribution in [0, 0.1) is 0 Å². The van der Waals surface area contributed by atoms with Crippen molar-refractivity contribution < 1.29 is 8.42 Å². The summed E-state index contributed by atoms with van der Waals surface area (Å²) in [6, 6.07) is 12.3. The molecule has 3 rings (SSSR count). The molecule has 1 heterocycles. The van der Waals surface area contributed by atoms with E-state index in [2.05, 4.69) is 14.7 Å². The van der Waals surface area contributed by atoms with Crippen LogP contribution >= 0.6 is 0 Å². The summed E-state index contributed by atoms with van der Waals surface area (Å²) in [5.74, 6) is 0. The molecule has 1 aromatic heterocycles. The summed E-state index contributed by atoms with van der Waals surface area (Å²) in [5, 5.41) is 0.0931. The molecule has 3 N–H and O–H groups in total. The molecule has 7 nitrogen and oxygen atoms in total. The molecule has 0 amide bonds.